The highest BCUT2D eigenvalue weighted by Gasteiger charge is 2.30. The van der Waals surface area contributed by atoms with E-state index < -0.39 is 17.5 Å². The van der Waals surface area contributed by atoms with Crippen molar-refractivity contribution >= 4 is 5.78 Å². The fourth-order valence-electron chi connectivity index (χ4n) is 1.71. The van der Waals surface area contributed by atoms with Crippen LogP contribution in [0, 0.1) is 0 Å². The van der Waals surface area contributed by atoms with Gasteiger partial charge in [-0.3, -0.25) is 4.79 Å². The molecule has 1 aromatic heterocycles. The first-order chi connectivity index (χ1) is 9.41. The fraction of sp³-hybridized carbons (Fsp3) is 0.231. The zero-order chi connectivity index (χ0) is 14.8. The van der Waals surface area contributed by atoms with Crippen LogP contribution < -0.4 is 5.73 Å². The van der Waals surface area contributed by atoms with Crippen molar-refractivity contribution in [2.75, 3.05) is 6.54 Å². The Labute approximate surface area is 113 Å². The number of hydrogen-bond donors (Lipinski definition) is 1. The molecule has 1 aromatic carbocycles. The van der Waals surface area contributed by atoms with Crippen molar-refractivity contribution in [2.24, 2.45) is 5.73 Å². The van der Waals surface area contributed by atoms with Crippen LogP contribution in [-0.2, 0) is 12.7 Å². The summed E-state index contributed by atoms with van der Waals surface area (Å²) in [7, 11) is 0. The Morgan fingerprint density at radius 3 is 2.45 bits per heavy atom. The Morgan fingerprint density at radius 1 is 1.25 bits per heavy atom. The highest BCUT2D eigenvalue weighted by Crippen LogP contribution is 2.29. The van der Waals surface area contributed by atoms with Gasteiger partial charge in [0, 0.05) is 24.8 Å². The molecule has 1 heterocycles. The number of alkyl halides is 3. The van der Waals surface area contributed by atoms with Crippen LogP contribution in [0.15, 0.2) is 36.8 Å². The summed E-state index contributed by atoms with van der Waals surface area (Å²) in [5.41, 5.74) is 4.93. The summed E-state index contributed by atoms with van der Waals surface area (Å²) in [5.74, 6) is -0.422. The standard InChI is InChI=1S/C13H12F3N3O/c14-13(15,16)10-3-1-9(2-4-10)12(20)11-7-19(6-5-17)8-18-11/h1-4,7-8H,5-6,17H2. The number of rotatable bonds is 4. The van der Waals surface area contributed by atoms with Gasteiger partial charge in [0.1, 0.15) is 5.69 Å². The Hall–Kier alpha value is -2.15. The van der Waals surface area contributed by atoms with Gasteiger partial charge in [0.15, 0.2) is 0 Å². The van der Waals surface area contributed by atoms with E-state index >= 15 is 0 Å². The third kappa shape index (κ3) is 3.05. The second-order valence-electron chi connectivity index (χ2n) is 4.19. The van der Waals surface area contributed by atoms with E-state index in [1.165, 1.54) is 12.5 Å². The van der Waals surface area contributed by atoms with Crippen LogP contribution in [0.2, 0.25) is 0 Å². The molecule has 0 fully saturated rings. The normalized spacial score (nSPS) is 11.6. The average molecular weight is 283 g/mol. The van der Waals surface area contributed by atoms with E-state index in [1.54, 1.807) is 4.57 Å². The zero-order valence-electron chi connectivity index (χ0n) is 10.4. The molecule has 2 N–H and O–H groups in total. The van der Waals surface area contributed by atoms with Gasteiger partial charge in [0.05, 0.1) is 11.9 Å². The summed E-state index contributed by atoms with van der Waals surface area (Å²) >= 11 is 0. The van der Waals surface area contributed by atoms with Crippen LogP contribution in [0.4, 0.5) is 13.2 Å². The number of nitrogens with zero attached hydrogens (tertiary/aromatic N) is 2. The van der Waals surface area contributed by atoms with E-state index in [-0.39, 0.29) is 11.3 Å². The molecule has 0 saturated heterocycles. The van der Waals surface area contributed by atoms with Crippen molar-refractivity contribution in [1.82, 2.24) is 9.55 Å². The Balaban J connectivity index is 2.20. The Kier molecular flexibility index (Phi) is 3.89. The van der Waals surface area contributed by atoms with Gasteiger partial charge in [-0.1, -0.05) is 12.1 Å². The van der Waals surface area contributed by atoms with Crippen molar-refractivity contribution in [3.05, 3.63) is 53.6 Å². The highest BCUT2D eigenvalue weighted by atomic mass is 19.4. The largest absolute Gasteiger partial charge is 0.416 e. The van der Waals surface area contributed by atoms with Crippen molar-refractivity contribution < 1.29 is 18.0 Å². The number of ketones is 1. The van der Waals surface area contributed by atoms with E-state index in [0.717, 1.165) is 24.3 Å². The molecule has 0 atom stereocenters. The molecule has 2 aromatic rings. The van der Waals surface area contributed by atoms with Crippen LogP contribution in [0.25, 0.3) is 0 Å². The molecule has 0 aliphatic heterocycles. The summed E-state index contributed by atoms with van der Waals surface area (Å²) < 4.78 is 38.9. The predicted molar refractivity (Wildman–Crippen MR) is 66.2 cm³/mol. The van der Waals surface area contributed by atoms with E-state index in [1.807, 2.05) is 0 Å². The number of nitrogens with two attached hydrogens (primary N) is 1. The van der Waals surface area contributed by atoms with E-state index in [9.17, 15) is 18.0 Å². The van der Waals surface area contributed by atoms with Crippen LogP contribution in [0.5, 0.6) is 0 Å². The predicted octanol–water partition coefficient (Wildman–Crippen LogP) is 2.09. The van der Waals surface area contributed by atoms with Crippen molar-refractivity contribution in [1.29, 1.82) is 0 Å². The minimum atomic E-state index is -4.41. The fourth-order valence-corrected chi connectivity index (χ4v) is 1.71. The number of imidazole rings is 1. The number of benzene rings is 1. The lowest BCUT2D eigenvalue weighted by molar-refractivity contribution is -0.137. The molecule has 0 bridgehead atoms. The first-order valence-electron chi connectivity index (χ1n) is 5.85. The highest BCUT2D eigenvalue weighted by molar-refractivity contribution is 6.07. The van der Waals surface area contributed by atoms with Gasteiger partial charge in [0.2, 0.25) is 5.78 Å². The lowest BCUT2D eigenvalue weighted by atomic mass is 10.1. The molecule has 0 radical (unpaired) electrons. The maximum Gasteiger partial charge on any atom is 0.416 e. The third-order valence-corrected chi connectivity index (χ3v) is 2.73. The number of carbonyl (C=O) groups excluding carboxylic acids is 1. The zero-order valence-corrected chi connectivity index (χ0v) is 10.4. The van der Waals surface area contributed by atoms with Crippen LogP contribution in [0.3, 0.4) is 0 Å². The molecule has 2 rings (SSSR count). The first-order valence-corrected chi connectivity index (χ1v) is 5.85. The summed E-state index contributed by atoms with van der Waals surface area (Å²) in [5, 5.41) is 0. The van der Waals surface area contributed by atoms with Gasteiger partial charge in [-0.15, -0.1) is 0 Å². The maximum atomic E-state index is 12.4. The molecule has 0 spiro atoms. The molecule has 0 aliphatic rings. The first kappa shape index (κ1) is 14.3. The van der Waals surface area contributed by atoms with Crippen molar-refractivity contribution in [2.45, 2.75) is 12.7 Å². The number of hydrogen-bond acceptors (Lipinski definition) is 3. The lowest BCUT2D eigenvalue weighted by Crippen LogP contribution is -2.08. The molecule has 7 heteroatoms. The van der Waals surface area contributed by atoms with Crippen molar-refractivity contribution in [3.63, 3.8) is 0 Å². The molecule has 106 valence electrons. The summed E-state index contributed by atoms with van der Waals surface area (Å²) in [4.78, 5) is 16.0. The summed E-state index contributed by atoms with van der Waals surface area (Å²) in [6, 6.07) is 4.05. The summed E-state index contributed by atoms with van der Waals surface area (Å²) in [6.45, 7) is 0.928. The van der Waals surface area contributed by atoms with Crippen LogP contribution in [0.1, 0.15) is 21.6 Å². The molecule has 0 unspecified atom stereocenters. The minimum Gasteiger partial charge on any atom is -0.335 e. The molecule has 0 aliphatic carbocycles. The van der Waals surface area contributed by atoms with Gasteiger partial charge in [0.25, 0.3) is 0 Å². The van der Waals surface area contributed by atoms with Gasteiger partial charge >= 0.3 is 6.18 Å². The average Bonchev–Trinajstić information content (AvgIpc) is 2.86. The molecule has 20 heavy (non-hydrogen) atoms. The second kappa shape index (κ2) is 5.46. The number of carbonyl (C=O) groups is 1. The smallest absolute Gasteiger partial charge is 0.335 e. The second-order valence-corrected chi connectivity index (χ2v) is 4.19. The molecule has 0 saturated carbocycles. The van der Waals surface area contributed by atoms with E-state index in [2.05, 4.69) is 4.98 Å². The minimum absolute atomic E-state index is 0.163. The van der Waals surface area contributed by atoms with Gasteiger partial charge in [-0.2, -0.15) is 13.2 Å². The molecule has 4 nitrogen and oxygen atoms in total. The SMILES string of the molecule is NCCn1cnc(C(=O)c2ccc(C(F)(F)F)cc2)c1. The van der Waals surface area contributed by atoms with Gasteiger partial charge in [-0.05, 0) is 12.1 Å². The van der Waals surface area contributed by atoms with E-state index in [0.29, 0.717) is 13.1 Å². The number of halogens is 3. The molecule has 0 amide bonds. The van der Waals surface area contributed by atoms with Crippen molar-refractivity contribution in [3.8, 4) is 0 Å². The topological polar surface area (TPSA) is 60.9 Å². The lowest BCUT2D eigenvalue weighted by Gasteiger charge is -2.06. The quantitative estimate of drug-likeness (QED) is 0.874. The van der Waals surface area contributed by atoms with E-state index in [4.69, 9.17) is 5.73 Å². The summed E-state index contributed by atoms with van der Waals surface area (Å²) in [6.07, 6.45) is -1.43. The van der Waals surface area contributed by atoms with Gasteiger partial charge in [-0.25, -0.2) is 4.98 Å². The number of aromatic nitrogens is 2. The van der Waals surface area contributed by atoms with Crippen LogP contribution >= 0.6 is 0 Å². The maximum absolute atomic E-state index is 12.4. The Morgan fingerprint density at radius 2 is 1.90 bits per heavy atom. The third-order valence-electron chi connectivity index (χ3n) is 2.73. The van der Waals surface area contributed by atoms with Gasteiger partial charge < -0.3 is 10.3 Å². The Bertz CT molecular complexity index is 602. The monoisotopic (exact) mass is 283 g/mol. The molecular formula is C13H12F3N3O. The van der Waals surface area contributed by atoms with Crippen LogP contribution in [-0.4, -0.2) is 21.9 Å². The molecular weight excluding hydrogens is 271 g/mol.